The van der Waals surface area contributed by atoms with Gasteiger partial charge < -0.3 is 29.7 Å². The molecule has 0 saturated carbocycles. The van der Waals surface area contributed by atoms with Crippen LogP contribution in [0.25, 0.3) is 0 Å². The molecule has 8 nitrogen and oxygen atoms in total. The van der Waals surface area contributed by atoms with Gasteiger partial charge in [0.2, 0.25) is 11.7 Å². The molecule has 0 aliphatic carbocycles. The van der Waals surface area contributed by atoms with Crippen molar-refractivity contribution in [3.05, 3.63) is 42.0 Å². The summed E-state index contributed by atoms with van der Waals surface area (Å²) < 4.78 is 16.1. The van der Waals surface area contributed by atoms with E-state index in [4.69, 9.17) is 14.2 Å². The number of amides is 3. The van der Waals surface area contributed by atoms with Crippen molar-refractivity contribution in [2.75, 3.05) is 38.1 Å². The predicted molar refractivity (Wildman–Crippen MR) is 110 cm³/mol. The summed E-state index contributed by atoms with van der Waals surface area (Å²) in [7, 11) is 4.61. The number of para-hydroxylation sites is 2. The van der Waals surface area contributed by atoms with Gasteiger partial charge in [0.25, 0.3) is 0 Å². The Kier molecular flexibility index (Phi) is 6.43. The Balaban J connectivity index is 1.71. The fraction of sp³-hybridized carbons (Fsp3) is 0.333. The maximum atomic E-state index is 12.5. The zero-order valence-electron chi connectivity index (χ0n) is 16.8. The molecule has 0 radical (unpaired) electrons. The monoisotopic (exact) mass is 399 g/mol. The third-order valence-electron chi connectivity index (χ3n) is 4.74. The Labute approximate surface area is 169 Å². The molecule has 2 aromatic rings. The lowest BCUT2D eigenvalue weighted by Gasteiger charge is -2.20. The number of hydrogen-bond acceptors (Lipinski definition) is 5. The molecule has 154 valence electrons. The van der Waals surface area contributed by atoms with E-state index in [1.807, 2.05) is 18.2 Å². The predicted octanol–water partition coefficient (Wildman–Crippen LogP) is 3.16. The molecule has 0 unspecified atom stereocenters. The minimum atomic E-state index is -0.388. The van der Waals surface area contributed by atoms with E-state index >= 15 is 0 Å². The number of nitrogens with zero attached hydrogens (tertiary/aromatic N) is 1. The number of rotatable bonds is 7. The van der Waals surface area contributed by atoms with Crippen molar-refractivity contribution >= 4 is 23.3 Å². The molecule has 0 bridgehead atoms. The first kappa shape index (κ1) is 20.3. The molecular weight excluding hydrogens is 374 g/mol. The van der Waals surface area contributed by atoms with E-state index in [1.165, 1.54) is 14.2 Å². The van der Waals surface area contributed by atoms with E-state index in [9.17, 15) is 9.59 Å². The largest absolute Gasteiger partial charge is 0.493 e. The highest BCUT2D eigenvalue weighted by Crippen LogP contribution is 2.39. The van der Waals surface area contributed by atoms with Gasteiger partial charge in [-0.3, -0.25) is 4.79 Å². The Morgan fingerprint density at radius 1 is 1.03 bits per heavy atom. The van der Waals surface area contributed by atoms with Crippen LogP contribution in [-0.4, -0.2) is 39.8 Å². The number of ether oxygens (including phenoxy) is 3. The van der Waals surface area contributed by atoms with Crippen LogP contribution in [0.3, 0.4) is 0 Å². The SMILES string of the molecule is COc1ccc(CNC(=O)Nc2ccccc2N2CCCC2=O)c(OC)c1OC. The van der Waals surface area contributed by atoms with Crippen molar-refractivity contribution < 1.29 is 23.8 Å². The number of methoxy groups -OCH3 is 3. The van der Waals surface area contributed by atoms with Crippen LogP contribution in [0.15, 0.2) is 36.4 Å². The normalized spacial score (nSPS) is 13.2. The van der Waals surface area contributed by atoms with E-state index in [2.05, 4.69) is 10.6 Å². The Bertz CT molecular complexity index is 900. The second kappa shape index (κ2) is 9.18. The topological polar surface area (TPSA) is 89.1 Å². The number of carbonyl (C=O) groups excluding carboxylic acids is 2. The Morgan fingerprint density at radius 3 is 2.45 bits per heavy atom. The molecule has 8 heteroatoms. The number of urea groups is 1. The minimum absolute atomic E-state index is 0.0646. The molecular formula is C21H25N3O5. The van der Waals surface area contributed by atoms with Crippen LogP contribution in [0.1, 0.15) is 18.4 Å². The molecule has 3 rings (SSSR count). The lowest BCUT2D eigenvalue weighted by Crippen LogP contribution is -2.30. The van der Waals surface area contributed by atoms with E-state index in [0.717, 1.165) is 12.0 Å². The van der Waals surface area contributed by atoms with Crippen LogP contribution in [0.2, 0.25) is 0 Å². The van der Waals surface area contributed by atoms with Crippen molar-refractivity contribution in [2.24, 2.45) is 0 Å². The third kappa shape index (κ3) is 4.37. The first-order chi connectivity index (χ1) is 14.1. The van der Waals surface area contributed by atoms with Gasteiger partial charge in [0, 0.05) is 25.1 Å². The molecule has 2 aromatic carbocycles. The second-order valence-corrected chi connectivity index (χ2v) is 6.47. The molecule has 1 saturated heterocycles. The zero-order chi connectivity index (χ0) is 20.8. The van der Waals surface area contributed by atoms with E-state index in [0.29, 0.717) is 41.6 Å². The first-order valence-corrected chi connectivity index (χ1v) is 9.31. The lowest BCUT2D eigenvalue weighted by atomic mass is 10.1. The van der Waals surface area contributed by atoms with Gasteiger partial charge in [-0.2, -0.15) is 0 Å². The molecule has 0 aromatic heterocycles. The summed E-state index contributed by atoms with van der Waals surface area (Å²) >= 11 is 0. The molecule has 29 heavy (non-hydrogen) atoms. The van der Waals surface area contributed by atoms with Crippen molar-refractivity contribution in [2.45, 2.75) is 19.4 Å². The van der Waals surface area contributed by atoms with E-state index in [1.54, 1.807) is 30.2 Å². The summed E-state index contributed by atoms with van der Waals surface area (Å²) in [5, 5.41) is 5.64. The molecule has 3 amide bonds. The van der Waals surface area contributed by atoms with Gasteiger partial charge in [-0.15, -0.1) is 0 Å². The Hall–Kier alpha value is -3.42. The van der Waals surface area contributed by atoms with Crippen LogP contribution in [0, 0.1) is 0 Å². The summed E-state index contributed by atoms with van der Waals surface area (Å²) in [6.07, 6.45) is 1.35. The van der Waals surface area contributed by atoms with Gasteiger partial charge in [0.1, 0.15) is 0 Å². The van der Waals surface area contributed by atoms with Crippen LogP contribution in [0.4, 0.5) is 16.2 Å². The summed E-state index contributed by atoms with van der Waals surface area (Å²) in [5.74, 6) is 1.57. The fourth-order valence-electron chi connectivity index (χ4n) is 3.36. The standard InChI is InChI=1S/C21H25N3O5/c1-27-17-11-10-14(19(28-2)20(17)29-3)13-22-21(26)23-15-7-4-5-8-16(15)24-12-6-9-18(24)25/h4-5,7-8,10-11H,6,9,12-13H2,1-3H3,(H2,22,23,26). The summed E-state index contributed by atoms with van der Waals surface area (Å²) in [6, 6.07) is 10.4. The van der Waals surface area contributed by atoms with Gasteiger partial charge >= 0.3 is 6.03 Å². The molecule has 1 aliphatic heterocycles. The van der Waals surface area contributed by atoms with Gasteiger partial charge in [0.15, 0.2) is 11.5 Å². The average Bonchev–Trinajstić information content (AvgIpc) is 3.17. The molecule has 1 aliphatic rings. The second-order valence-electron chi connectivity index (χ2n) is 6.47. The van der Waals surface area contributed by atoms with Gasteiger partial charge in [0.05, 0.1) is 32.7 Å². The Morgan fingerprint density at radius 2 is 1.79 bits per heavy atom. The number of nitrogens with one attached hydrogen (secondary N) is 2. The molecule has 1 fully saturated rings. The zero-order valence-corrected chi connectivity index (χ0v) is 16.8. The highest BCUT2D eigenvalue weighted by Gasteiger charge is 2.24. The quantitative estimate of drug-likeness (QED) is 0.747. The molecule has 0 atom stereocenters. The maximum absolute atomic E-state index is 12.5. The summed E-state index contributed by atoms with van der Waals surface area (Å²) in [6.45, 7) is 0.877. The number of anilines is 2. The average molecular weight is 399 g/mol. The van der Waals surface area contributed by atoms with Crippen molar-refractivity contribution in [1.82, 2.24) is 5.32 Å². The first-order valence-electron chi connectivity index (χ1n) is 9.31. The molecule has 0 spiro atoms. The molecule has 2 N–H and O–H groups in total. The number of carbonyl (C=O) groups is 2. The van der Waals surface area contributed by atoms with Crippen molar-refractivity contribution in [1.29, 1.82) is 0 Å². The van der Waals surface area contributed by atoms with Gasteiger partial charge in [-0.25, -0.2) is 4.79 Å². The smallest absolute Gasteiger partial charge is 0.319 e. The van der Waals surface area contributed by atoms with Crippen molar-refractivity contribution in [3.63, 3.8) is 0 Å². The van der Waals surface area contributed by atoms with Crippen LogP contribution < -0.4 is 29.7 Å². The van der Waals surface area contributed by atoms with Crippen LogP contribution in [0.5, 0.6) is 17.2 Å². The lowest BCUT2D eigenvalue weighted by molar-refractivity contribution is -0.117. The summed E-state index contributed by atoms with van der Waals surface area (Å²) in [4.78, 5) is 26.3. The van der Waals surface area contributed by atoms with E-state index < -0.39 is 0 Å². The van der Waals surface area contributed by atoms with Crippen LogP contribution >= 0.6 is 0 Å². The third-order valence-corrected chi connectivity index (χ3v) is 4.74. The van der Waals surface area contributed by atoms with Crippen LogP contribution in [-0.2, 0) is 11.3 Å². The highest BCUT2D eigenvalue weighted by molar-refractivity contribution is 6.01. The van der Waals surface area contributed by atoms with E-state index in [-0.39, 0.29) is 18.5 Å². The molecule has 1 heterocycles. The number of benzene rings is 2. The maximum Gasteiger partial charge on any atom is 0.319 e. The van der Waals surface area contributed by atoms with Gasteiger partial charge in [-0.05, 0) is 30.7 Å². The highest BCUT2D eigenvalue weighted by atomic mass is 16.5. The summed E-state index contributed by atoms with van der Waals surface area (Å²) in [5.41, 5.74) is 2.02. The van der Waals surface area contributed by atoms with Crippen molar-refractivity contribution in [3.8, 4) is 17.2 Å². The number of hydrogen-bond donors (Lipinski definition) is 2. The fourth-order valence-corrected chi connectivity index (χ4v) is 3.36. The minimum Gasteiger partial charge on any atom is -0.493 e. The van der Waals surface area contributed by atoms with Gasteiger partial charge in [-0.1, -0.05) is 12.1 Å².